The molecule has 3 rings (SSSR count). The van der Waals surface area contributed by atoms with Gasteiger partial charge in [-0.1, -0.05) is 6.07 Å². The Labute approximate surface area is 146 Å². The van der Waals surface area contributed by atoms with E-state index in [9.17, 15) is 21.6 Å². The molecule has 0 amide bonds. The van der Waals surface area contributed by atoms with E-state index in [0.717, 1.165) is 18.5 Å². The zero-order valence-corrected chi connectivity index (χ0v) is 15.0. The number of nitrogens with one attached hydrogen (secondary N) is 1. The molecule has 0 bridgehead atoms. The summed E-state index contributed by atoms with van der Waals surface area (Å²) in [6, 6.07) is 3.52. The molecule has 1 aliphatic carbocycles. The second-order valence-corrected chi connectivity index (χ2v) is 8.94. The van der Waals surface area contributed by atoms with Crippen LogP contribution in [0.4, 0.5) is 13.2 Å². The van der Waals surface area contributed by atoms with Gasteiger partial charge in [-0.3, -0.25) is 0 Å². The molecule has 1 N–H and O–H groups in total. The van der Waals surface area contributed by atoms with E-state index in [2.05, 4.69) is 5.32 Å². The van der Waals surface area contributed by atoms with E-state index in [0.29, 0.717) is 25.9 Å². The third kappa shape index (κ3) is 4.35. The highest BCUT2D eigenvalue weighted by molar-refractivity contribution is 7.89. The third-order valence-corrected chi connectivity index (χ3v) is 6.89. The van der Waals surface area contributed by atoms with E-state index in [1.54, 1.807) is 0 Å². The Bertz CT molecular complexity index is 722. The van der Waals surface area contributed by atoms with E-state index in [-0.39, 0.29) is 16.5 Å². The monoisotopic (exact) mass is 376 g/mol. The van der Waals surface area contributed by atoms with Gasteiger partial charge < -0.3 is 5.32 Å². The van der Waals surface area contributed by atoms with Crippen LogP contribution in [-0.4, -0.2) is 38.4 Å². The first-order valence-corrected chi connectivity index (χ1v) is 10.0. The van der Waals surface area contributed by atoms with E-state index in [1.165, 1.54) is 36.2 Å². The van der Waals surface area contributed by atoms with Gasteiger partial charge in [-0.15, -0.1) is 0 Å². The number of benzene rings is 1. The Morgan fingerprint density at radius 1 is 1.16 bits per heavy atom. The first-order chi connectivity index (χ1) is 11.7. The lowest BCUT2D eigenvalue weighted by molar-refractivity contribution is -0.138. The van der Waals surface area contributed by atoms with Gasteiger partial charge in [0.2, 0.25) is 10.0 Å². The minimum Gasteiger partial charge on any atom is -0.314 e. The van der Waals surface area contributed by atoms with E-state index in [1.807, 2.05) is 0 Å². The van der Waals surface area contributed by atoms with Crippen molar-refractivity contribution in [1.29, 1.82) is 0 Å². The van der Waals surface area contributed by atoms with Crippen molar-refractivity contribution in [3.05, 3.63) is 29.3 Å². The second kappa shape index (κ2) is 6.89. The smallest absolute Gasteiger partial charge is 0.314 e. The largest absolute Gasteiger partial charge is 0.416 e. The Hall–Kier alpha value is -1.12. The summed E-state index contributed by atoms with van der Waals surface area (Å²) in [5.74, 6) is 0.759. The van der Waals surface area contributed by atoms with Gasteiger partial charge in [0, 0.05) is 19.1 Å². The van der Waals surface area contributed by atoms with Gasteiger partial charge in [-0.05, 0) is 62.8 Å². The predicted octanol–water partition coefficient (Wildman–Crippen LogP) is 3.17. The van der Waals surface area contributed by atoms with Crippen molar-refractivity contribution in [1.82, 2.24) is 9.62 Å². The van der Waals surface area contributed by atoms with Crippen molar-refractivity contribution in [3.8, 4) is 0 Å². The number of sulfonamides is 1. The molecule has 0 radical (unpaired) electrons. The molecular formula is C17H23F3N2O2S. The van der Waals surface area contributed by atoms with Crippen molar-refractivity contribution in [2.45, 2.75) is 49.7 Å². The minimum absolute atomic E-state index is 0.0226. The van der Waals surface area contributed by atoms with E-state index < -0.39 is 21.8 Å². The van der Waals surface area contributed by atoms with Crippen molar-refractivity contribution in [2.24, 2.45) is 5.92 Å². The maximum absolute atomic E-state index is 13.0. The van der Waals surface area contributed by atoms with Crippen LogP contribution in [0.3, 0.4) is 0 Å². The number of aryl methyl sites for hydroxylation is 1. The third-order valence-electron chi connectivity index (χ3n) is 5.00. The SMILES string of the molecule is Cc1ccc(S(=O)(=O)N2CCC(NCC3CC3)CC2)cc1C(F)(F)F. The molecule has 1 heterocycles. The van der Waals surface area contributed by atoms with E-state index >= 15 is 0 Å². The number of alkyl halides is 3. The predicted molar refractivity (Wildman–Crippen MR) is 88.7 cm³/mol. The van der Waals surface area contributed by atoms with Gasteiger partial charge in [0.25, 0.3) is 0 Å². The molecule has 2 fully saturated rings. The first-order valence-electron chi connectivity index (χ1n) is 8.59. The summed E-state index contributed by atoms with van der Waals surface area (Å²) in [4.78, 5) is -0.283. The molecule has 2 aliphatic rings. The number of halogens is 3. The molecule has 0 aromatic heterocycles. The molecule has 1 saturated heterocycles. The van der Waals surface area contributed by atoms with Crippen LogP contribution < -0.4 is 5.32 Å². The van der Waals surface area contributed by atoms with Gasteiger partial charge in [0.1, 0.15) is 0 Å². The Morgan fingerprint density at radius 3 is 2.36 bits per heavy atom. The van der Waals surface area contributed by atoms with Crippen LogP contribution in [0.25, 0.3) is 0 Å². The van der Waals surface area contributed by atoms with Crippen LogP contribution in [0.15, 0.2) is 23.1 Å². The molecular weight excluding hydrogens is 353 g/mol. The summed E-state index contributed by atoms with van der Waals surface area (Å²) in [5, 5.41) is 3.46. The van der Waals surface area contributed by atoms with Crippen molar-refractivity contribution in [3.63, 3.8) is 0 Å². The van der Waals surface area contributed by atoms with Gasteiger partial charge in [0.15, 0.2) is 0 Å². The normalized spacial score (nSPS) is 20.8. The van der Waals surface area contributed by atoms with Crippen LogP contribution in [0.5, 0.6) is 0 Å². The van der Waals surface area contributed by atoms with Gasteiger partial charge in [-0.25, -0.2) is 8.42 Å². The Balaban J connectivity index is 1.69. The maximum atomic E-state index is 13.0. The molecule has 140 valence electrons. The Kier molecular flexibility index (Phi) is 5.14. The molecule has 4 nitrogen and oxygen atoms in total. The standard InChI is InChI=1S/C17H23F3N2O2S/c1-12-2-5-15(10-16(12)17(18,19)20)25(23,24)22-8-6-14(7-9-22)21-11-13-3-4-13/h2,5,10,13-14,21H,3-4,6-9,11H2,1H3. The van der Waals surface area contributed by atoms with Crippen LogP contribution >= 0.6 is 0 Å². The highest BCUT2D eigenvalue weighted by atomic mass is 32.2. The first kappa shape index (κ1) is 18.7. The highest BCUT2D eigenvalue weighted by Crippen LogP contribution is 2.34. The molecule has 0 unspecified atom stereocenters. The van der Waals surface area contributed by atoms with Crippen molar-refractivity contribution < 1.29 is 21.6 Å². The number of hydrogen-bond acceptors (Lipinski definition) is 3. The highest BCUT2D eigenvalue weighted by Gasteiger charge is 2.35. The second-order valence-electron chi connectivity index (χ2n) is 7.00. The number of rotatable bonds is 5. The lowest BCUT2D eigenvalue weighted by atomic mass is 10.1. The minimum atomic E-state index is -4.56. The summed E-state index contributed by atoms with van der Waals surface area (Å²) in [6.45, 7) is 2.97. The Morgan fingerprint density at radius 2 is 1.80 bits per heavy atom. The number of piperidine rings is 1. The molecule has 0 spiro atoms. The van der Waals surface area contributed by atoms with Crippen LogP contribution in [0, 0.1) is 12.8 Å². The van der Waals surface area contributed by atoms with Crippen molar-refractivity contribution >= 4 is 10.0 Å². The molecule has 25 heavy (non-hydrogen) atoms. The molecule has 1 aromatic rings. The summed E-state index contributed by atoms with van der Waals surface area (Å²) < 4.78 is 65.8. The lowest BCUT2D eigenvalue weighted by Crippen LogP contribution is -2.45. The fraction of sp³-hybridized carbons (Fsp3) is 0.647. The van der Waals surface area contributed by atoms with Crippen molar-refractivity contribution in [2.75, 3.05) is 19.6 Å². The van der Waals surface area contributed by atoms with Gasteiger partial charge >= 0.3 is 6.18 Å². The summed E-state index contributed by atoms with van der Waals surface area (Å²) in [6.07, 6.45) is -0.673. The maximum Gasteiger partial charge on any atom is 0.416 e. The van der Waals surface area contributed by atoms with Gasteiger partial charge in [0.05, 0.1) is 10.5 Å². The molecule has 1 saturated carbocycles. The molecule has 0 atom stereocenters. The molecule has 1 aromatic carbocycles. The molecule has 1 aliphatic heterocycles. The zero-order chi connectivity index (χ0) is 18.2. The summed E-state index contributed by atoms with van der Waals surface area (Å²) in [5.41, 5.74) is -0.871. The number of nitrogens with zero attached hydrogens (tertiary/aromatic N) is 1. The quantitative estimate of drug-likeness (QED) is 0.859. The zero-order valence-electron chi connectivity index (χ0n) is 14.1. The van der Waals surface area contributed by atoms with Crippen LogP contribution in [0.2, 0.25) is 0 Å². The average molecular weight is 376 g/mol. The molecule has 8 heteroatoms. The number of hydrogen-bond donors (Lipinski definition) is 1. The lowest BCUT2D eigenvalue weighted by Gasteiger charge is -2.32. The fourth-order valence-electron chi connectivity index (χ4n) is 3.17. The van der Waals surface area contributed by atoms with Crippen LogP contribution in [-0.2, 0) is 16.2 Å². The van der Waals surface area contributed by atoms with Gasteiger partial charge in [-0.2, -0.15) is 17.5 Å². The van der Waals surface area contributed by atoms with E-state index in [4.69, 9.17) is 0 Å². The average Bonchev–Trinajstić information content (AvgIpc) is 3.37. The summed E-state index contributed by atoms with van der Waals surface area (Å²) >= 11 is 0. The van der Waals surface area contributed by atoms with Crippen LogP contribution in [0.1, 0.15) is 36.8 Å². The topological polar surface area (TPSA) is 49.4 Å². The fourth-order valence-corrected chi connectivity index (χ4v) is 4.67. The summed E-state index contributed by atoms with van der Waals surface area (Å²) in [7, 11) is -3.90.